The average molecular weight is 485 g/mol. The standard InChI is InChI=1S/C23H25BrN4O3/c1-30-20-7-5-16(6-8-20)14-25-23(29)17-9-11-28(12-10-17)15-21-26-22(27-31-21)18-3-2-4-19(24)13-18/h2-8,13,17H,9-12,14-15H2,1H3,(H,25,29). The topological polar surface area (TPSA) is 80.5 Å². The highest BCUT2D eigenvalue weighted by Gasteiger charge is 2.26. The zero-order valence-corrected chi connectivity index (χ0v) is 19.0. The molecule has 1 saturated heterocycles. The number of hydrogen-bond acceptors (Lipinski definition) is 6. The number of amides is 1. The summed E-state index contributed by atoms with van der Waals surface area (Å²) in [5.74, 6) is 2.15. The molecule has 2 aromatic carbocycles. The maximum Gasteiger partial charge on any atom is 0.241 e. The van der Waals surface area contributed by atoms with Crippen LogP contribution in [0.3, 0.4) is 0 Å². The molecule has 3 aromatic rings. The number of piperidine rings is 1. The average Bonchev–Trinajstić information content (AvgIpc) is 3.27. The number of nitrogens with one attached hydrogen (secondary N) is 1. The van der Waals surface area contributed by atoms with Gasteiger partial charge in [0.1, 0.15) is 5.75 Å². The number of ether oxygens (including phenoxy) is 1. The van der Waals surface area contributed by atoms with E-state index in [0.29, 0.717) is 24.8 Å². The first-order valence-electron chi connectivity index (χ1n) is 10.3. The van der Waals surface area contributed by atoms with Crippen LogP contribution < -0.4 is 10.1 Å². The van der Waals surface area contributed by atoms with E-state index in [0.717, 1.165) is 47.3 Å². The maximum atomic E-state index is 12.5. The third kappa shape index (κ3) is 5.71. The summed E-state index contributed by atoms with van der Waals surface area (Å²) in [6, 6.07) is 15.6. The van der Waals surface area contributed by atoms with Crippen LogP contribution in [0.25, 0.3) is 11.4 Å². The van der Waals surface area contributed by atoms with Crippen molar-refractivity contribution in [2.75, 3.05) is 20.2 Å². The maximum absolute atomic E-state index is 12.5. The van der Waals surface area contributed by atoms with Crippen molar-refractivity contribution in [2.24, 2.45) is 5.92 Å². The number of rotatable bonds is 7. The quantitative estimate of drug-likeness (QED) is 0.544. The second-order valence-corrected chi connectivity index (χ2v) is 8.55. The number of likely N-dealkylation sites (tertiary alicyclic amines) is 1. The molecule has 162 valence electrons. The number of hydrogen-bond donors (Lipinski definition) is 1. The molecule has 31 heavy (non-hydrogen) atoms. The second kappa shape index (κ2) is 10.1. The Labute approximate surface area is 189 Å². The van der Waals surface area contributed by atoms with Gasteiger partial charge in [-0.3, -0.25) is 9.69 Å². The monoisotopic (exact) mass is 484 g/mol. The minimum Gasteiger partial charge on any atom is -0.497 e. The first-order chi connectivity index (χ1) is 15.1. The van der Waals surface area contributed by atoms with Gasteiger partial charge in [-0.05, 0) is 55.8 Å². The first-order valence-corrected chi connectivity index (χ1v) is 11.1. The van der Waals surface area contributed by atoms with Crippen LogP contribution in [0, 0.1) is 5.92 Å². The van der Waals surface area contributed by atoms with Crippen molar-refractivity contribution in [1.29, 1.82) is 0 Å². The molecule has 1 fully saturated rings. The molecule has 0 unspecified atom stereocenters. The largest absolute Gasteiger partial charge is 0.497 e. The van der Waals surface area contributed by atoms with Crippen molar-refractivity contribution in [3.8, 4) is 17.1 Å². The molecular weight excluding hydrogens is 460 g/mol. The van der Waals surface area contributed by atoms with Gasteiger partial charge in [0, 0.05) is 22.5 Å². The summed E-state index contributed by atoms with van der Waals surface area (Å²) in [6.07, 6.45) is 1.64. The number of nitrogens with zero attached hydrogens (tertiary/aromatic N) is 3. The normalized spacial score (nSPS) is 15.0. The fourth-order valence-corrected chi connectivity index (χ4v) is 4.08. The number of halogens is 1. The van der Waals surface area contributed by atoms with E-state index in [1.54, 1.807) is 7.11 Å². The number of carbonyl (C=O) groups is 1. The molecule has 0 saturated carbocycles. The van der Waals surface area contributed by atoms with Gasteiger partial charge < -0.3 is 14.6 Å². The lowest BCUT2D eigenvalue weighted by Gasteiger charge is -2.30. The molecule has 0 atom stereocenters. The lowest BCUT2D eigenvalue weighted by molar-refractivity contribution is -0.126. The third-order valence-electron chi connectivity index (χ3n) is 5.49. The Kier molecular flexibility index (Phi) is 6.99. The van der Waals surface area contributed by atoms with Gasteiger partial charge in [0.2, 0.25) is 17.6 Å². The van der Waals surface area contributed by atoms with Crippen LogP contribution >= 0.6 is 15.9 Å². The van der Waals surface area contributed by atoms with E-state index >= 15 is 0 Å². The van der Waals surface area contributed by atoms with Crippen molar-refractivity contribution in [3.05, 3.63) is 64.5 Å². The smallest absolute Gasteiger partial charge is 0.241 e. The molecule has 1 aromatic heterocycles. The fourth-order valence-electron chi connectivity index (χ4n) is 3.69. The zero-order chi connectivity index (χ0) is 21.6. The third-order valence-corrected chi connectivity index (χ3v) is 5.99. The Hall–Kier alpha value is -2.71. The first kappa shape index (κ1) is 21.5. The van der Waals surface area contributed by atoms with Crippen LogP contribution in [-0.4, -0.2) is 41.1 Å². The highest BCUT2D eigenvalue weighted by Crippen LogP contribution is 2.22. The molecule has 1 N–H and O–H groups in total. The summed E-state index contributed by atoms with van der Waals surface area (Å²) < 4.78 is 11.6. The van der Waals surface area contributed by atoms with Crippen molar-refractivity contribution in [1.82, 2.24) is 20.4 Å². The van der Waals surface area contributed by atoms with Crippen LogP contribution in [0.15, 0.2) is 57.5 Å². The Morgan fingerprint density at radius 3 is 2.71 bits per heavy atom. The van der Waals surface area contributed by atoms with E-state index < -0.39 is 0 Å². The van der Waals surface area contributed by atoms with Gasteiger partial charge in [0.05, 0.1) is 13.7 Å². The molecule has 8 heteroatoms. The molecule has 0 aliphatic carbocycles. The highest BCUT2D eigenvalue weighted by atomic mass is 79.9. The zero-order valence-electron chi connectivity index (χ0n) is 17.4. The summed E-state index contributed by atoms with van der Waals surface area (Å²) in [4.78, 5) is 19.3. The van der Waals surface area contributed by atoms with E-state index in [1.807, 2.05) is 48.5 Å². The van der Waals surface area contributed by atoms with Crippen molar-refractivity contribution >= 4 is 21.8 Å². The van der Waals surface area contributed by atoms with Gasteiger partial charge in [-0.1, -0.05) is 45.4 Å². The predicted molar refractivity (Wildman–Crippen MR) is 120 cm³/mol. The lowest BCUT2D eigenvalue weighted by Crippen LogP contribution is -2.40. The van der Waals surface area contributed by atoms with Crippen LogP contribution in [0.1, 0.15) is 24.3 Å². The van der Waals surface area contributed by atoms with Crippen molar-refractivity contribution in [3.63, 3.8) is 0 Å². The number of aromatic nitrogens is 2. The van der Waals surface area contributed by atoms with E-state index in [4.69, 9.17) is 9.26 Å². The molecule has 0 spiro atoms. The predicted octanol–water partition coefficient (Wildman–Crippen LogP) is 4.04. The molecule has 4 rings (SSSR count). The summed E-state index contributed by atoms with van der Waals surface area (Å²) in [7, 11) is 1.64. The second-order valence-electron chi connectivity index (χ2n) is 7.64. The molecular formula is C23H25BrN4O3. The van der Waals surface area contributed by atoms with Gasteiger partial charge in [0.25, 0.3) is 0 Å². The van der Waals surface area contributed by atoms with Crippen LogP contribution in [-0.2, 0) is 17.9 Å². The van der Waals surface area contributed by atoms with Crippen LogP contribution in [0.5, 0.6) is 5.75 Å². The lowest BCUT2D eigenvalue weighted by atomic mass is 9.96. The fraction of sp³-hybridized carbons (Fsp3) is 0.348. The van der Waals surface area contributed by atoms with Gasteiger partial charge >= 0.3 is 0 Å². The van der Waals surface area contributed by atoms with E-state index in [2.05, 4.69) is 36.3 Å². The van der Waals surface area contributed by atoms with Gasteiger partial charge in [-0.2, -0.15) is 4.98 Å². The summed E-state index contributed by atoms with van der Waals surface area (Å²) in [6.45, 7) is 2.79. The molecule has 1 aliphatic rings. The highest BCUT2D eigenvalue weighted by molar-refractivity contribution is 9.10. The van der Waals surface area contributed by atoms with E-state index in [-0.39, 0.29) is 11.8 Å². The molecule has 1 aliphatic heterocycles. The summed E-state index contributed by atoms with van der Waals surface area (Å²) in [5, 5.41) is 7.15. The Balaban J connectivity index is 1.23. The van der Waals surface area contributed by atoms with Gasteiger partial charge in [0.15, 0.2) is 0 Å². The Morgan fingerprint density at radius 1 is 1.23 bits per heavy atom. The van der Waals surface area contributed by atoms with Crippen molar-refractivity contribution < 1.29 is 14.1 Å². The number of carbonyl (C=O) groups excluding carboxylic acids is 1. The molecule has 0 radical (unpaired) electrons. The molecule has 2 heterocycles. The van der Waals surface area contributed by atoms with Crippen LogP contribution in [0.2, 0.25) is 0 Å². The van der Waals surface area contributed by atoms with Gasteiger partial charge in [-0.25, -0.2) is 0 Å². The SMILES string of the molecule is COc1ccc(CNC(=O)C2CCN(Cc3nc(-c4cccc(Br)c4)no3)CC2)cc1. The Morgan fingerprint density at radius 2 is 2.00 bits per heavy atom. The summed E-state index contributed by atoms with van der Waals surface area (Å²) >= 11 is 3.46. The van der Waals surface area contributed by atoms with Crippen molar-refractivity contribution in [2.45, 2.75) is 25.9 Å². The van der Waals surface area contributed by atoms with E-state index in [1.165, 1.54) is 0 Å². The molecule has 7 nitrogen and oxygen atoms in total. The summed E-state index contributed by atoms with van der Waals surface area (Å²) in [5.41, 5.74) is 1.97. The molecule has 0 bridgehead atoms. The van der Waals surface area contributed by atoms with Gasteiger partial charge in [-0.15, -0.1) is 0 Å². The Bertz CT molecular complexity index is 1010. The van der Waals surface area contributed by atoms with Crippen LogP contribution in [0.4, 0.5) is 0 Å². The van der Waals surface area contributed by atoms with E-state index in [9.17, 15) is 4.79 Å². The number of benzene rings is 2. The minimum absolute atomic E-state index is 0.0365. The number of methoxy groups -OCH3 is 1. The molecule has 1 amide bonds. The minimum atomic E-state index is 0.0365.